The number of halogens is 2. The molecule has 0 aliphatic heterocycles. The lowest BCUT2D eigenvalue weighted by molar-refractivity contribution is 0.630. The zero-order valence-corrected chi connectivity index (χ0v) is 10.3. The lowest BCUT2D eigenvalue weighted by atomic mass is 10.2. The van der Waals surface area contributed by atoms with Crippen LogP contribution in [0.1, 0.15) is 40.5 Å². The van der Waals surface area contributed by atoms with E-state index in [2.05, 4.69) is 27.7 Å². The highest BCUT2D eigenvalue weighted by Gasteiger charge is 1.90. The summed E-state index contributed by atoms with van der Waals surface area (Å²) < 4.78 is 0. The first-order valence-corrected chi connectivity index (χ1v) is 5.77. The third-order valence-corrected chi connectivity index (χ3v) is 2.39. The van der Waals surface area contributed by atoms with Crippen molar-refractivity contribution in [3.8, 4) is 0 Å². The van der Waals surface area contributed by atoms with Gasteiger partial charge in [-0.2, -0.15) is 0 Å². The molecule has 0 saturated heterocycles. The highest BCUT2D eigenvalue weighted by molar-refractivity contribution is 6.18. The summed E-state index contributed by atoms with van der Waals surface area (Å²) in [6, 6.07) is 0. The monoisotopic (exact) mass is 212 g/mol. The summed E-state index contributed by atoms with van der Waals surface area (Å²) in [5.41, 5.74) is 0. The zero-order chi connectivity index (χ0) is 9.98. The minimum absolute atomic E-state index is 0.701. The van der Waals surface area contributed by atoms with Gasteiger partial charge in [0.05, 0.1) is 0 Å². The third kappa shape index (κ3) is 16.9. The van der Waals surface area contributed by atoms with E-state index in [4.69, 9.17) is 23.2 Å². The summed E-state index contributed by atoms with van der Waals surface area (Å²) in [6.45, 7) is 8.63. The van der Waals surface area contributed by atoms with Gasteiger partial charge in [-0.15, -0.1) is 23.2 Å². The average Bonchev–Trinajstić information content (AvgIpc) is 2.04. The quantitative estimate of drug-likeness (QED) is 0.601. The molecule has 0 heterocycles. The van der Waals surface area contributed by atoms with Gasteiger partial charge >= 0.3 is 0 Å². The molecule has 0 amide bonds. The summed E-state index contributed by atoms with van der Waals surface area (Å²) in [7, 11) is 0. The van der Waals surface area contributed by atoms with Gasteiger partial charge in [0.1, 0.15) is 0 Å². The molecule has 12 heavy (non-hydrogen) atoms. The van der Waals surface area contributed by atoms with Gasteiger partial charge in [0, 0.05) is 11.8 Å². The highest BCUT2D eigenvalue weighted by Crippen LogP contribution is 2.00. The van der Waals surface area contributed by atoms with Crippen molar-refractivity contribution in [2.24, 2.45) is 11.8 Å². The van der Waals surface area contributed by atoms with Crippen molar-refractivity contribution < 1.29 is 0 Å². The Labute approximate surface area is 87.6 Å². The van der Waals surface area contributed by atoms with E-state index in [1.807, 2.05) is 0 Å². The van der Waals surface area contributed by atoms with Gasteiger partial charge in [0.15, 0.2) is 0 Å². The number of alkyl halides is 2. The van der Waals surface area contributed by atoms with Crippen LogP contribution in [0.25, 0.3) is 0 Å². The summed E-state index contributed by atoms with van der Waals surface area (Å²) in [4.78, 5) is 0. The molecule has 76 valence electrons. The van der Waals surface area contributed by atoms with Crippen LogP contribution in [0.2, 0.25) is 0 Å². The molecule has 0 aromatic rings. The second-order valence-corrected chi connectivity index (χ2v) is 4.23. The fourth-order valence-corrected chi connectivity index (χ4v) is 0.982. The topological polar surface area (TPSA) is 0 Å². The first-order valence-electron chi connectivity index (χ1n) is 4.70. The van der Waals surface area contributed by atoms with Crippen LogP contribution in [0.5, 0.6) is 0 Å². The fourth-order valence-electron chi connectivity index (χ4n) is 0.327. The lowest BCUT2D eigenvalue weighted by Gasteiger charge is -1.97. The predicted octanol–water partition coefficient (Wildman–Crippen LogP) is 4.54. The molecule has 0 spiro atoms. The smallest absolute Gasteiger partial charge is 0.0249 e. The molecule has 0 aliphatic carbocycles. The molecular formula is C10H22Cl2. The van der Waals surface area contributed by atoms with E-state index in [1.165, 1.54) is 6.42 Å². The molecule has 0 aliphatic rings. The van der Waals surface area contributed by atoms with Crippen LogP contribution in [0.3, 0.4) is 0 Å². The van der Waals surface area contributed by atoms with E-state index in [-0.39, 0.29) is 0 Å². The molecule has 0 bridgehead atoms. The zero-order valence-electron chi connectivity index (χ0n) is 8.74. The van der Waals surface area contributed by atoms with Gasteiger partial charge in [-0.1, -0.05) is 34.1 Å². The van der Waals surface area contributed by atoms with Crippen LogP contribution in [-0.2, 0) is 0 Å². The van der Waals surface area contributed by atoms with Crippen molar-refractivity contribution in [1.82, 2.24) is 0 Å². The van der Waals surface area contributed by atoms with Gasteiger partial charge in [-0.25, -0.2) is 0 Å². The van der Waals surface area contributed by atoms with Gasteiger partial charge in [-0.3, -0.25) is 0 Å². The second kappa shape index (κ2) is 11.6. The molecule has 1 unspecified atom stereocenters. The molecule has 0 N–H and O–H groups in total. The normalized spacial score (nSPS) is 12.2. The largest absolute Gasteiger partial charge is 0.127 e. The maximum absolute atomic E-state index is 5.45. The van der Waals surface area contributed by atoms with E-state index < -0.39 is 0 Å². The van der Waals surface area contributed by atoms with Crippen LogP contribution in [0.4, 0.5) is 0 Å². The molecule has 0 rings (SSSR count). The molecule has 0 aromatic carbocycles. The van der Waals surface area contributed by atoms with Crippen LogP contribution >= 0.6 is 23.2 Å². The summed E-state index contributed by atoms with van der Waals surface area (Å²) in [6.07, 6.45) is 2.34. The van der Waals surface area contributed by atoms with Gasteiger partial charge in [-0.05, 0) is 18.3 Å². The summed E-state index contributed by atoms with van der Waals surface area (Å²) in [5.74, 6) is 3.07. The molecular weight excluding hydrogens is 191 g/mol. The Morgan fingerprint density at radius 1 is 1.08 bits per heavy atom. The highest BCUT2D eigenvalue weighted by atomic mass is 35.5. The summed E-state index contributed by atoms with van der Waals surface area (Å²) >= 11 is 10.8. The van der Waals surface area contributed by atoms with Gasteiger partial charge < -0.3 is 0 Å². The van der Waals surface area contributed by atoms with Crippen molar-refractivity contribution in [3.63, 3.8) is 0 Å². The minimum Gasteiger partial charge on any atom is -0.127 e. The predicted molar refractivity (Wildman–Crippen MR) is 60.4 cm³/mol. The average molecular weight is 213 g/mol. The number of hydrogen-bond donors (Lipinski definition) is 0. The van der Waals surface area contributed by atoms with E-state index in [9.17, 15) is 0 Å². The van der Waals surface area contributed by atoms with E-state index in [1.54, 1.807) is 0 Å². The molecule has 0 fully saturated rings. The second-order valence-electron chi connectivity index (χ2n) is 3.54. The Morgan fingerprint density at radius 2 is 1.58 bits per heavy atom. The Bertz CT molecular complexity index is 68.2. The molecule has 0 saturated carbocycles. The molecule has 1 atom stereocenters. The van der Waals surface area contributed by atoms with E-state index in [0.717, 1.165) is 24.1 Å². The van der Waals surface area contributed by atoms with Crippen LogP contribution in [-0.4, -0.2) is 11.8 Å². The maximum atomic E-state index is 5.45. The SMILES string of the molecule is CC(C)CCCl.CCC(C)CCl. The number of hydrogen-bond acceptors (Lipinski definition) is 0. The Balaban J connectivity index is 0. The van der Waals surface area contributed by atoms with Gasteiger partial charge in [0.2, 0.25) is 0 Å². The van der Waals surface area contributed by atoms with Crippen molar-refractivity contribution in [1.29, 1.82) is 0 Å². The fraction of sp³-hybridized carbons (Fsp3) is 1.00. The standard InChI is InChI=1S/2C5H11Cl/c1-5(2)3-4-6;1-3-5(2)4-6/h2*5H,3-4H2,1-2H3. The Kier molecular flexibility index (Phi) is 14.5. The van der Waals surface area contributed by atoms with Crippen molar-refractivity contribution >= 4 is 23.2 Å². The maximum Gasteiger partial charge on any atom is 0.0249 e. The molecule has 2 heteroatoms. The lowest BCUT2D eigenvalue weighted by Crippen LogP contribution is -1.90. The van der Waals surface area contributed by atoms with Crippen LogP contribution in [0.15, 0.2) is 0 Å². The van der Waals surface area contributed by atoms with Gasteiger partial charge in [0.25, 0.3) is 0 Å². The molecule has 0 radical (unpaired) electrons. The first-order chi connectivity index (χ1) is 5.58. The minimum atomic E-state index is 0.701. The Hall–Kier alpha value is 0.580. The van der Waals surface area contributed by atoms with Crippen molar-refractivity contribution in [3.05, 3.63) is 0 Å². The molecule has 0 nitrogen and oxygen atoms in total. The third-order valence-electron chi connectivity index (χ3n) is 1.65. The van der Waals surface area contributed by atoms with Crippen molar-refractivity contribution in [2.75, 3.05) is 11.8 Å². The first kappa shape index (κ1) is 15.1. The van der Waals surface area contributed by atoms with Crippen LogP contribution < -0.4 is 0 Å². The van der Waals surface area contributed by atoms with Crippen molar-refractivity contribution in [2.45, 2.75) is 40.5 Å². The van der Waals surface area contributed by atoms with E-state index >= 15 is 0 Å². The molecule has 0 aromatic heterocycles. The Morgan fingerprint density at radius 3 is 1.58 bits per heavy atom. The summed E-state index contributed by atoms with van der Waals surface area (Å²) in [5, 5.41) is 0. The number of rotatable bonds is 4. The van der Waals surface area contributed by atoms with Crippen LogP contribution in [0, 0.1) is 11.8 Å². The van der Waals surface area contributed by atoms with E-state index in [0.29, 0.717) is 5.92 Å².